The second kappa shape index (κ2) is 9.59. The van der Waals surface area contributed by atoms with Crippen LogP contribution in [0.3, 0.4) is 0 Å². The molecule has 1 N–H and O–H groups in total. The third-order valence-corrected chi connectivity index (χ3v) is 3.01. The summed E-state index contributed by atoms with van der Waals surface area (Å²) in [4.78, 5) is 2.30. The molecule has 19 heavy (non-hydrogen) atoms. The molecule has 0 amide bonds. The maximum atomic E-state index is 5.75. The number of ether oxygens (including phenoxy) is 1. The summed E-state index contributed by atoms with van der Waals surface area (Å²) in [7, 11) is 0. The number of nitrogens with one attached hydrogen (secondary N) is 1. The lowest BCUT2D eigenvalue weighted by molar-refractivity contribution is 0.229. The van der Waals surface area contributed by atoms with E-state index >= 15 is 0 Å². The van der Waals surface area contributed by atoms with Crippen molar-refractivity contribution < 1.29 is 4.74 Å². The Balaban J connectivity index is 2.31. The zero-order valence-electron chi connectivity index (χ0n) is 12.2. The molecule has 0 bridgehead atoms. The van der Waals surface area contributed by atoms with E-state index in [1.54, 1.807) is 0 Å². The van der Waals surface area contributed by atoms with Gasteiger partial charge in [0.2, 0.25) is 0 Å². The van der Waals surface area contributed by atoms with Gasteiger partial charge in [-0.15, -0.1) is 6.58 Å². The summed E-state index contributed by atoms with van der Waals surface area (Å²) in [5.74, 6) is 0.940. The van der Waals surface area contributed by atoms with Gasteiger partial charge < -0.3 is 10.1 Å². The number of hydrogen-bond acceptors (Lipinski definition) is 3. The second-order valence-electron chi connectivity index (χ2n) is 4.45. The molecule has 0 aliphatic heterocycles. The molecule has 0 fully saturated rings. The number of hydrogen-bond donors (Lipinski definition) is 1. The van der Waals surface area contributed by atoms with E-state index in [0.29, 0.717) is 6.61 Å². The fraction of sp³-hybridized carbons (Fsp3) is 0.500. The molecule has 0 aliphatic carbocycles. The molecule has 0 unspecified atom stereocenters. The first-order valence-corrected chi connectivity index (χ1v) is 7.05. The van der Waals surface area contributed by atoms with Gasteiger partial charge in [0.25, 0.3) is 0 Å². The molecule has 106 valence electrons. The number of nitrogens with zero attached hydrogens (tertiary/aromatic N) is 1. The van der Waals surface area contributed by atoms with Crippen LogP contribution >= 0.6 is 0 Å². The van der Waals surface area contributed by atoms with Crippen LogP contribution in [-0.2, 0) is 6.54 Å². The first-order chi connectivity index (χ1) is 9.30. The first-order valence-electron chi connectivity index (χ1n) is 7.05. The van der Waals surface area contributed by atoms with Gasteiger partial charge in [-0.2, -0.15) is 0 Å². The van der Waals surface area contributed by atoms with Crippen LogP contribution in [0.15, 0.2) is 36.9 Å². The van der Waals surface area contributed by atoms with Gasteiger partial charge in [-0.1, -0.05) is 32.1 Å². The molecule has 0 saturated heterocycles. The van der Waals surface area contributed by atoms with Crippen LogP contribution in [0.4, 0.5) is 0 Å². The Morgan fingerprint density at radius 3 is 2.58 bits per heavy atom. The highest BCUT2D eigenvalue weighted by Crippen LogP contribution is 2.12. The Bertz CT molecular complexity index is 348. The normalized spacial score (nSPS) is 10.7. The fourth-order valence-electron chi connectivity index (χ4n) is 1.83. The van der Waals surface area contributed by atoms with Gasteiger partial charge in [0.15, 0.2) is 0 Å². The van der Waals surface area contributed by atoms with Crippen molar-refractivity contribution in [2.75, 3.05) is 32.8 Å². The summed E-state index contributed by atoms with van der Waals surface area (Å²) in [5, 5.41) is 3.31. The van der Waals surface area contributed by atoms with Crippen LogP contribution in [0.1, 0.15) is 19.4 Å². The van der Waals surface area contributed by atoms with Crippen molar-refractivity contribution in [3.05, 3.63) is 42.5 Å². The van der Waals surface area contributed by atoms with E-state index < -0.39 is 0 Å². The number of rotatable bonds is 10. The van der Waals surface area contributed by atoms with Crippen LogP contribution in [-0.4, -0.2) is 37.7 Å². The van der Waals surface area contributed by atoms with E-state index in [2.05, 4.69) is 42.8 Å². The highest BCUT2D eigenvalue weighted by Gasteiger charge is 2.00. The van der Waals surface area contributed by atoms with Crippen LogP contribution < -0.4 is 10.1 Å². The Labute approximate surface area is 117 Å². The fourth-order valence-corrected chi connectivity index (χ4v) is 1.83. The molecule has 0 spiro atoms. The quantitative estimate of drug-likeness (QED) is 0.656. The number of benzene rings is 1. The lowest BCUT2D eigenvalue weighted by atomic mass is 10.2. The number of likely N-dealkylation sites (N-methyl/N-ethyl adjacent to an activating group) is 1. The molecule has 3 nitrogen and oxygen atoms in total. The highest BCUT2D eigenvalue weighted by atomic mass is 16.5. The van der Waals surface area contributed by atoms with E-state index in [0.717, 1.165) is 38.5 Å². The lowest BCUT2D eigenvalue weighted by Crippen LogP contribution is -2.28. The smallest absolute Gasteiger partial charge is 0.119 e. The van der Waals surface area contributed by atoms with Gasteiger partial charge in [0.1, 0.15) is 12.4 Å². The molecule has 1 aromatic carbocycles. The molecule has 0 heterocycles. The molecular weight excluding hydrogens is 236 g/mol. The average molecular weight is 262 g/mol. The van der Waals surface area contributed by atoms with Crippen molar-refractivity contribution in [2.24, 2.45) is 0 Å². The van der Waals surface area contributed by atoms with Crippen molar-refractivity contribution in [1.82, 2.24) is 10.2 Å². The maximum Gasteiger partial charge on any atom is 0.119 e. The SMILES string of the molecule is C=CCN(CC)CCOc1ccc(CNCC)cc1. The van der Waals surface area contributed by atoms with E-state index in [1.165, 1.54) is 5.56 Å². The van der Waals surface area contributed by atoms with Crippen molar-refractivity contribution in [1.29, 1.82) is 0 Å². The van der Waals surface area contributed by atoms with E-state index in [4.69, 9.17) is 4.74 Å². The Morgan fingerprint density at radius 2 is 2.00 bits per heavy atom. The van der Waals surface area contributed by atoms with Gasteiger partial charge in [0, 0.05) is 19.6 Å². The third kappa shape index (κ3) is 6.41. The first kappa shape index (κ1) is 15.7. The Kier molecular flexibility index (Phi) is 7.94. The molecule has 0 aromatic heterocycles. The zero-order chi connectivity index (χ0) is 13.9. The summed E-state index contributed by atoms with van der Waals surface area (Å²) in [6.45, 7) is 13.5. The average Bonchev–Trinajstić information content (AvgIpc) is 2.45. The summed E-state index contributed by atoms with van der Waals surface area (Å²) in [6.07, 6.45) is 1.93. The minimum Gasteiger partial charge on any atom is -0.492 e. The summed E-state index contributed by atoms with van der Waals surface area (Å²) in [6, 6.07) is 8.30. The van der Waals surface area contributed by atoms with E-state index in [9.17, 15) is 0 Å². The largest absolute Gasteiger partial charge is 0.492 e. The zero-order valence-corrected chi connectivity index (χ0v) is 12.2. The van der Waals surface area contributed by atoms with Gasteiger partial charge in [0.05, 0.1) is 0 Å². The molecule has 0 atom stereocenters. The van der Waals surface area contributed by atoms with Crippen molar-refractivity contribution >= 4 is 0 Å². The van der Waals surface area contributed by atoms with Crippen LogP contribution in [0.5, 0.6) is 5.75 Å². The third-order valence-electron chi connectivity index (χ3n) is 3.01. The molecule has 0 saturated carbocycles. The van der Waals surface area contributed by atoms with Gasteiger partial charge in [-0.05, 0) is 30.8 Å². The van der Waals surface area contributed by atoms with E-state index in [-0.39, 0.29) is 0 Å². The van der Waals surface area contributed by atoms with Gasteiger partial charge >= 0.3 is 0 Å². The monoisotopic (exact) mass is 262 g/mol. The predicted octanol–water partition coefficient (Wildman–Crippen LogP) is 2.68. The molecule has 1 aromatic rings. The standard InChI is InChI=1S/C16H26N2O/c1-4-11-18(6-3)12-13-19-16-9-7-15(8-10-16)14-17-5-2/h4,7-10,17H,1,5-6,11-14H2,2-3H3. The molecule has 0 radical (unpaired) electrons. The van der Waals surface area contributed by atoms with Gasteiger partial charge in [-0.3, -0.25) is 4.90 Å². The molecule has 1 rings (SSSR count). The minimum atomic E-state index is 0.717. The van der Waals surface area contributed by atoms with E-state index in [1.807, 2.05) is 18.2 Å². The molecule has 0 aliphatic rings. The minimum absolute atomic E-state index is 0.717. The Morgan fingerprint density at radius 1 is 1.26 bits per heavy atom. The topological polar surface area (TPSA) is 24.5 Å². The maximum absolute atomic E-state index is 5.75. The summed E-state index contributed by atoms with van der Waals surface area (Å²) < 4.78 is 5.75. The summed E-state index contributed by atoms with van der Waals surface area (Å²) >= 11 is 0. The summed E-state index contributed by atoms with van der Waals surface area (Å²) in [5.41, 5.74) is 1.29. The van der Waals surface area contributed by atoms with Crippen LogP contribution in [0.2, 0.25) is 0 Å². The van der Waals surface area contributed by atoms with Crippen molar-refractivity contribution in [2.45, 2.75) is 20.4 Å². The lowest BCUT2D eigenvalue weighted by Gasteiger charge is -2.18. The Hall–Kier alpha value is -1.32. The predicted molar refractivity (Wildman–Crippen MR) is 81.6 cm³/mol. The van der Waals surface area contributed by atoms with Crippen molar-refractivity contribution in [3.8, 4) is 5.75 Å². The van der Waals surface area contributed by atoms with Crippen molar-refractivity contribution in [3.63, 3.8) is 0 Å². The highest BCUT2D eigenvalue weighted by molar-refractivity contribution is 5.27. The van der Waals surface area contributed by atoms with Gasteiger partial charge in [-0.25, -0.2) is 0 Å². The molecule has 3 heteroatoms. The molecular formula is C16H26N2O. The second-order valence-corrected chi connectivity index (χ2v) is 4.45. The van der Waals surface area contributed by atoms with Crippen LogP contribution in [0.25, 0.3) is 0 Å². The van der Waals surface area contributed by atoms with Crippen LogP contribution in [0, 0.1) is 0 Å².